The number of halogens is 1. The van der Waals surface area contributed by atoms with Gasteiger partial charge in [0.25, 0.3) is 0 Å². The standard InChI is InChI=1S/C15H21BrOS/c1-11(2)9-15(5-3-4-6-15)14(17)8-13-7-12(16)10-18-13/h7,10-11H,3-6,8-9H2,1-2H3. The van der Waals surface area contributed by atoms with Gasteiger partial charge in [-0.05, 0) is 47.2 Å². The first kappa shape index (κ1) is 14.3. The van der Waals surface area contributed by atoms with Gasteiger partial charge in [-0.15, -0.1) is 11.3 Å². The highest BCUT2D eigenvalue weighted by atomic mass is 79.9. The number of hydrogen-bond donors (Lipinski definition) is 0. The van der Waals surface area contributed by atoms with E-state index in [4.69, 9.17) is 0 Å². The molecule has 1 heterocycles. The van der Waals surface area contributed by atoms with Crippen LogP contribution >= 0.6 is 27.3 Å². The van der Waals surface area contributed by atoms with E-state index in [0.29, 0.717) is 18.1 Å². The molecule has 1 aromatic rings. The summed E-state index contributed by atoms with van der Waals surface area (Å²) in [6.07, 6.45) is 6.37. The lowest BCUT2D eigenvalue weighted by Crippen LogP contribution is -2.31. The number of carbonyl (C=O) groups is 1. The lowest BCUT2D eigenvalue weighted by Gasteiger charge is -2.29. The van der Waals surface area contributed by atoms with Crippen LogP contribution in [0.25, 0.3) is 0 Å². The highest BCUT2D eigenvalue weighted by molar-refractivity contribution is 9.10. The fraction of sp³-hybridized carbons (Fsp3) is 0.667. The van der Waals surface area contributed by atoms with E-state index in [1.54, 1.807) is 11.3 Å². The van der Waals surface area contributed by atoms with Gasteiger partial charge in [0.05, 0.1) is 0 Å². The Morgan fingerprint density at radius 2 is 2.11 bits per heavy atom. The first-order valence-corrected chi connectivity index (χ1v) is 8.45. The third-order valence-electron chi connectivity index (χ3n) is 3.91. The maximum absolute atomic E-state index is 12.7. The van der Waals surface area contributed by atoms with E-state index in [0.717, 1.165) is 23.7 Å². The Labute approximate surface area is 122 Å². The van der Waals surface area contributed by atoms with Gasteiger partial charge in [-0.25, -0.2) is 0 Å². The minimum atomic E-state index is -0.00929. The topological polar surface area (TPSA) is 17.1 Å². The Bertz CT molecular complexity index is 416. The van der Waals surface area contributed by atoms with Crippen molar-refractivity contribution in [2.75, 3.05) is 0 Å². The summed E-state index contributed by atoms with van der Waals surface area (Å²) >= 11 is 5.14. The number of Topliss-reactive ketones (excluding diaryl/α,β-unsaturated/α-hetero) is 1. The third kappa shape index (κ3) is 3.24. The van der Waals surface area contributed by atoms with Crippen molar-refractivity contribution in [2.45, 2.75) is 52.4 Å². The summed E-state index contributed by atoms with van der Waals surface area (Å²) < 4.78 is 1.10. The first-order chi connectivity index (χ1) is 8.52. The largest absolute Gasteiger partial charge is 0.299 e. The van der Waals surface area contributed by atoms with Crippen molar-refractivity contribution in [3.05, 3.63) is 20.8 Å². The predicted molar refractivity (Wildman–Crippen MR) is 81.1 cm³/mol. The second-order valence-electron chi connectivity index (χ2n) is 5.92. The average Bonchev–Trinajstić information content (AvgIpc) is 2.88. The molecule has 1 aliphatic rings. The van der Waals surface area contributed by atoms with Crippen LogP contribution in [0.3, 0.4) is 0 Å². The van der Waals surface area contributed by atoms with E-state index in [-0.39, 0.29) is 5.41 Å². The quantitative estimate of drug-likeness (QED) is 0.723. The van der Waals surface area contributed by atoms with Crippen LogP contribution in [0.2, 0.25) is 0 Å². The van der Waals surface area contributed by atoms with Gasteiger partial charge in [0.15, 0.2) is 0 Å². The van der Waals surface area contributed by atoms with E-state index in [1.165, 1.54) is 17.7 Å². The minimum absolute atomic E-state index is 0.00929. The van der Waals surface area contributed by atoms with E-state index in [2.05, 4.69) is 41.2 Å². The Morgan fingerprint density at radius 1 is 1.44 bits per heavy atom. The van der Waals surface area contributed by atoms with Crippen LogP contribution in [-0.2, 0) is 11.2 Å². The second kappa shape index (κ2) is 5.87. The summed E-state index contributed by atoms with van der Waals surface area (Å²) in [5.74, 6) is 1.09. The van der Waals surface area contributed by atoms with E-state index in [9.17, 15) is 4.79 Å². The molecule has 1 fully saturated rings. The molecule has 0 bridgehead atoms. The minimum Gasteiger partial charge on any atom is -0.299 e. The number of hydrogen-bond acceptors (Lipinski definition) is 2. The van der Waals surface area contributed by atoms with Crippen LogP contribution < -0.4 is 0 Å². The molecule has 1 aliphatic carbocycles. The van der Waals surface area contributed by atoms with Crippen LogP contribution in [0, 0.1) is 11.3 Å². The molecule has 2 rings (SSSR count). The fourth-order valence-corrected chi connectivity index (χ4v) is 4.67. The zero-order valence-electron chi connectivity index (χ0n) is 11.2. The molecule has 0 spiro atoms. The van der Waals surface area contributed by atoms with Gasteiger partial charge in [-0.3, -0.25) is 4.79 Å². The van der Waals surface area contributed by atoms with Crippen molar-refractivity contribution in [2.24, 2.45) is 11.3 Å². The highest BCUT2D eigenvalue weighted by Gasteiger charge is 2.40. The van der Waals surface area contributed by atoms with Gasteiger partial charge in [-0.2, -0.15) is 0 Å². The normalized spacial score (nSPS) is 18.4. The molecule has 0 amide bonds. The molecule has 1 nitrogen and oxygen atoms in total. The average molecular weight is 329 g/mol. The van der Waals surface area contributed by atoms with Gasteiger partial charge < -0.3 is 0 Å². The molecule has 18 heavy (non-hydrogen) atoms. The number of thiophene rings is 1. The van der Waals surface area contributed by atoms with Crippen LogP contribution in [0.4, 0.5) is 0 Å². The predicted octanol–water partition coefficient (Wildman–Crippen LogP) is 5.23. The molecular weight excluding hydrogens is 308 g/mol. The van der Waals surface area contributed by atoms with Crippen molar-refractivity contribution in [1.29, 1.82) is 0 Å². The van der Waals surface area contributed by atoms with Gasteiger partial charge in [0.1, 0.15) is 5.78 Å². The van der Waals surface area contributed by atoms with Crippen molar-refractivity contribution < 1.29 is 4.79 Å². The van der Waals surface area contributed by atoms with Crippen molar-refractivity contribution >= 4 is 33.0 Å². The van der Waals surface area contributed by atoms with Gasteiger partial charge >= 0.3 is 0 Å². The Morgan fingerprint density at radius 3 is 2.61 bits per heavy atom. The molecule has 0 aromatic carbocycles. The lowest BCUT2D eigenvalue weighted by molar-refractivity contribution is -0.128. The summed E-state index contributed by atoms with van der Waals surface area (Å²) in [4.78, 5) is 13.9. The molecule has 0 N–H and O–H groups in total. The van der Waals surface area contributed by atoms with E-state index in [1.807, 2.05) is 0 Å². The second-order valence-corrected chi connectivity index (χ2v) is 7.83. The molecule has 0 radical (unpaired) electrons. The fourth-order valence-electron chi connectivity index (χ4n) is 3.22. The smallest absolute Gasteiger partial charge is 0.144 e. The van der Waals surface area contributed by atoms with Gasteiger partial charge in [0, 0.05) is 26.6 Å². The van der Waals surface area contributed by atoms with Crippen molar-refractivity contribution in [1.82, 2.24) is 0 Å². The summed E-state index contributed by atoms with van der Waals surface area (Å²) in [5, 5.41) is 2.06. The molecule has 0 aliphatic heterocycles. The maximum atomic E-state index is 12.7. The molecule has 3 heteroatoms. The number of carbonyl (C=O) groups excluding carboxylic acids is 1. The summed E-state index contributed by atoms with van der Waals surface area (Å²) in [6.45, 7) is 4.46. The van der Waals surface area contributed by atoms with Crippen LogP contribution in [0.1, 0.15) is 50.8 Å². The monoisotopic (exact) mass is 328 g/mol. The zero-order chi connectivity index (χ0) is 13.2. The Balaban J connectivity index is 2.09. The van der Waals surface area contributed by atoms with Crippen molar-refractivity contribution in [3.8, 4) is 0 Å². The molecular formula is C15H21BrOS. The molecule has 1 aromatic heterocycles. The van der Waals surface area contributed by atoms with Gasteiger partial charge in [0.2, 0.25) is 0 Å². The Kier molecular flexibility index (Phi) is 4.65. The SMILES string of the molecule is CC(C)CC1(C(=O)Cc2cc(Br)cs2)CCCC1. The molecule has 100 valence electrons. The molecule has 0 unspecified atom stereocenters. The van der Waals surface area contributed by atoms with E-state index < -0.39 is 0 Å². The lowest BCUT2D eigenvalue weighted by atomic mass is 9.74. The number of rotatable bonds is 5. The molecule has 0 saturated heterocycles. The number of ketones is 1. The summed E-state index contributed by atoms with van der Waals surface area (Å²) in [6, 6.07) is 2.08. The molecule has 1 saturated carbocycles. The Hall–Kier alpha value is -0.150. The maximum Gasteiger partial charge on any atom is 0.144 e. The zero-order valence-corrected chi connectivity index (χ0v) is 13.6. The van der Waals surface area contributed by atoms with Crippen molar-refractivity contribution in [3.63, 3.8) is 0 Å². The molecule has 0 atom stereocenters. The van der Waals surface area contributed by atoms with Crippen LogP contribution in [0.15, 0.2) is 15.9 Å². The first-order valence-electron chi connectivity index (χ1n) is 6.78. The van der Waals surface area contributed by atoms with Gasteiger partial charge in [-0.1, -0.05) is 26.7 Å². The van der Waals surface area contributed by atoms with E-state index >= 15 is 0 Å². The summed E-state index contributed by atoms with van der Waals surface area (Å²) in [5.41, 5.74) is -0.00929. The highest BCUT2D eigenvalue weighted by Crippen LogP contribution is 2.44. The summed E-state index contributed by atoms with van der Waals surface area (Å²) in [7, 11) is 0. The third-order valence-corrected chi connectivity index (χ3v) is 5.61. The van der Waals surface area contributed by atoms with Crippen LogP contribution in [0.5, 0.6) is 0 Å². The van der Waals surface area contributed by atoms with Crippen LogP contribution in [-0.4, -0.2) is 5.78 Å².